The van der Waals surface area contributed by atoms with Crippen LogP contribution in [0, 0.1) is 12.3 Å². The average molecular weight is 208 g/mol. The Hall–Kier alpha value is 0.517. The number of hydrogen-bond acceptors (Lipinski definition) is 2. The Morgan fingerprint density at radius 2 is 1.87 bits per heavy atom. The van der Waals surface area contributed by atoms with E-state index in [2.05, 4.69) is 27.2 Å². The van der Waals surface area contributed by atoms with Crippen LogP contribution in [0.1, 0.15) is 46.5 Å². The molecule has 0 rings (SSSR count). The predicted molar refractivity (Wildman–Crippen MR) is 60.1 cm³/mol. The Kier molecular flexibility index (Phi) is 17.3. The third-order valence-corrected chi connectivity index (χ3v) is 2.14. The van der Waals surface area contributed by atoms with E-state index < -0.39 is 0 Å². The van der Waals surface area contributed by atoms with Crippen LogP contribution in [0.25, 0.3) is 0 Å². The topological polar surface area (TPSA) is 18.5 Å². The fourth-order valence-corrected chi connectivity index (χ4v) is 1.38. The summed E-state index contributed by atoms with van der Waals surface area (Å²) >= 11 is 0. The van der Waals surface area contributed by atoms with E-state index in [-0.39, 0.29) is 18.9 Å². The zero-order valence-corrected chi connectivity index (χ0v) is 10.9. The predicted octanol–water partition coefficient (Wildman–Crippen LogP) is 0.422. The fourth-order valence-electron chi connectivity index (χ4n) is 1.38. The zero-order valence-electron chi connectivity index (χ0n) is 10.9. The van der Waals surface area contributed by atoms with Gasteiger partial charge in [0.25, 0.3) is 0 Å². The molecule has 0 spiro atoms. The van der Waals surface area contributed by atoms with Crippen LogP contribution in [0.5, 0.6) is 0 Å². The summed E-state index contributed by atoms with van der Waals surface area (Å²) < 4.78 is 10.5. The molecule has 0 aliphatic rings. The van der Waals surface area contributed by atoms with Gasteiger partial charge in [-0.3, -0.25) is 0 Å². The number of rotatable bonds is 10. The molecule has 0 saturated carbocycles. The number of hydrogen-bond donors (Lipinski definition) is 0. The van der Waals surface area contributed by atoms with Crippen molar-refractivity contribution in [1.29, 1.82) is 0 Å². The van der Waals surface area contributed by atoms with Crippen molar-refractivity contribution in [3.05, 3.63) is 6.42 Å². The molecule has 0 N–H and O–H groups in total. The molecule has 1 unspecified atom stereocenters. The van der Waals surface area contributed by atoms with Gasteiger partial charge in [0.15, 0.2) is 0 Å². The van der Waals surface area contributed by atoms with Crippen molar-refractivity contribution in [3.63, 3.8) is 0 Å². The van der Waals surface area contributed by atoms with E-state index in [9.17, 15) is 0 Å². The Morgan fingerprint density at radius 3 is 2.47 bits per heavy atom. The first-order valence-corrected chi connectivity index (χ1v) is 5.74. The molecule has 0 bridgehead atoms. The minimum absolute atomic E-state index is 0. The van der Waals surface area contributed by atoms with E-state index >= 15 is 0 Å². The maximum atomic E-state index is 5.33. The van der Waals surface area contributed by atoms with E-state index in [0.29, 0.717) is 6.79 Å². The minimum atomic E-state index is 0. The van der Waals surface area contributed by atoms with E-state index in [4.69, 9.17) is 9.47 Å². The largest absolute Gasteiger partial charge is 1.00 e. The van der Waals surface area contributed by atoms with Crippen LogP contribution >= 0.6 is 0 Å². The van der Waals surface area contributed by atoms with Gasteiger partial charge >= 0.3 is 18.9 Å². The van der Waals surface area contributed by atoms with Gasteiger partial charge in [0.05, 0.1) is 0 Å². The third-order valence-electron chi connectivity index (χ3n) is 2.14. The summed E-state index contributed by atoms with van der Waals surface area (Å²) in [4.78, 5) is 0. The van der Waals surface area contributed by atoms with Gasteiger partial charge in [0, 0.05) is 13.2 Å². The van der Waals surface area contributed by atoms with Gasteiger partial charge in [0.2, 0.25) is 0 Å². The quantitative estimate of drug-likeness (QED) is 0.224. The molecule has 0 aromatic carbocycles. The summed E-state index contributed by atoms with van der Waals surface area (Å²) in [5, 5.41) is 0. The van der Waals surface area contributed by atoms with Crippen LogP contribution in [0.2, 0.25) is 0 Å². The van der Waals surface area contributed by atoms with Crippen LogP contribution in [0.15, 0.2) is 0 Å². The molecule has 0 aromatic rings. The molecule has 2 nitrogen and oxygen atoms in total. The van der Waals surface area contributed by atoms with Gasteiger partial charge < -0.3 is 15.9 Å². The first kappa shape index (κ1) is 17.9. The smallest absolute Gasteiger partial charge is 0.355 e. The molecule has 15 heavy (non-hydrogen) atoms. The Labute approximate surface area is 107 Å². The van der Waals surface area contributed by atoms with Gasteiger partial charge in [-0.2, -0.15) is 13.3 Å². The second kappa shape index (κ2) is 14.5. The first-order chi connectivity index (χ1) is 6.81. The van der Waals surface area contributed by atoms with Gasteiger partial charge in [-0.15, -0.1) is 0 Å². The van der Waals surface area contributed by atoms with Crippen molar-refractivity contribution in [2.24, 2.45) is 5.92 Å². The van der Waals surface area contributed by atoms with Gasteiger partial charge in [-0.25, -0.2) is 0 Å². The normalized spacial score (nSPS) is 12.2. The molecule has 0 amide bonds. The molecular formula is C12H25LiO2. The summed E-state index contributed by atoms with van der Waals surface area (Å²) in [6, 6.07) is 0. The number of ether oxygens (including phenoxy) is 2. The zero-order chi connectivity index (χ0) is 10.6. The summed E-state index contributed by atoms with van der Waals surface area (Å²) in [6.45, 7) is 8.60. The Balaban J connectivity index is 0. The summed E-state index contributed by atoms with van der Waals surface area (Å²) in [5.74, 6) is 0.792. The third kappa shape index (κ3) is 14.5. The molecule has 3 heteroatoms. The molecule has 0 saturated heterocycles. The monoisotopic (exact) mass is 208 g/mol. The fraction of sp³-hybridized carbons (Fsp3) is 0.917. The van der Waals surface area contributed by atoms with E-state index in [0.717, 1.165) is 32.0 Å². The van der Waals surface area contributed by atoms with Crippen LogP contribution < -0.4 is 18.9 Å². The van der Waals surface area contributed by atoms with Gasteiger partial charge in [-0.1, -0.05) is 26.2 Å². The van der Waals surface area contributed by atoms with Gasteiger partial charge in [0.1, 0.15) is 6.79 Å². The van der Waals surface area contributed by atoms with E-state index in [1.807, 2.05) is 0 Å². The van der Waals surface area contributed by atoms with E-state index in [1.165, 1.54) is 12.8 Å². The maximum absolute atomic E-state index is 5.33. The maximum Gasteiger partial charge on any atom is 1.00 e. The first-order valence-electron chi connectivity index (χ1n) is 5.74. The molecule has 86 valence electrons. The van der Waals surface area contributed by atoms with Crippen molar-refractivity contribution in [1.82, 2.24) is 0 Å². The second-order valence-corrected chi connectivity index (χ2v) is 3.83. The standard InChI is InChI=1S/C12H25O2.Li/c1-4-7-12(3)8-6-10-14-11-13-9-5-2;/h4,12H,5-11H2,1-3H3;/q-1;+1. The minimum Gasteiger partial charge on any atom is -0.355 e. The van der Waals surface area contributed by atoms with Crippen molar-refractivity contribution < 1.29 is 28.3 Å². The van der Waals surface area contributed by atoms with Crippen molar-refractivity contribution >= 4 is 0 Å². The van der Waals surface area contributed by atoms with Crippen molar-refractivity contribution in [2.45, 2.75) is 46.5 Å². The average Bonchev–Trinajstić information content (AvgIpc) is 2.17. The Morgan fingerprint density at radius 1 is 1.20 bits per heavy atom. The molecule has 0 aliphatic carbocycles. The van der Waals surface area contributed by atoms with E-state index in [1.54, 1.807) is 0 Å². The van der Waals surface area contributed by atoms with Gasteiger partial charge in [-0.05, 0) is 12.8 Å². The van der Waals surface area contributed by atoms with Crippen LogP contribution in [0.3, 0.4) is 0 Å². The SMILES string of the molecule is C[CH-]CC(C)CCCOCOCCC.[Li+]. The second-order valence-electron chi connectivity index (χ2n) is 3.83. The van der Waals surface area contributed by atoms with Crippen LogP contribution in [-0.4, -0.2) is 20.0 Å². The molecule has 0 fully saturated rings. The molecule has 1 atom stereocenters. The van der Waals surface area contributed by atoms with Crippen molar-refractivity contribution in [3.8, 4) is 0 Å². The van der Waals surface area contributed by atoms with Crippen LogP contribution in [-0.2, 0) is 9.47 Å². The summed E-state index contributed by atoms with van der Waals surface area (Å²) in [7, 11) is 0. The summed E-state index contributed by atoms with van der Waals surface area (Å²) in [5.41, 5.74) is 0. The Bertz CT molecular complexity index is 110. The molecule has 0 radical (unpaired) electrons. The summed E-state index contributed by atoms with van der Waals surface area (Å²) in [6.07, 6.45) is 6.90. The molecule has 0 aromatic heterocycles. The van der Waals surface area contributed by atoms with Crippen LogP contribution in [0.4, 0.5) is 0 Å². The van der Waals surface area contributed by atoms with Crippen molar-refractivity contribution in [2.75, 3.05) is 20.0 Å². The molecule has 0 aliphatic heterocycles. The molecule has 0 heterocycles. The molecular weight excluding hydrogens is 183 g/mol.